The normalized spacial score (nSPS) is 31.1. The van der Waals surface area contributed by atoms with E-state index in [1.165, 1.54) is 0 Å². The monoisotopic (exact) mass is 156 g/mol. The van der Waals surface area contributed by atoms with Crippen LogP contribution in [-0.2, 0) is 9.53 Å². The summed E-state index contributed by atoms with van der Waals surface area (Å²) >= 11 is 0. The Kier molecular flexibility index (Phi) is 1.76. The van der Waals surface area contributed by atoms with Crippen molar-refractivity contribution in [2.45, 2.75) is 26.4 Å². The molecule has 1 aliphatic heterocycles. The second-order valence-electron chi connectivity index (χ2n) is 3.03. The molecule has 0 aliphatic carbocycles. The number of ether oxygens (including phenoxy) is 1. The molecule has 0 aromatic rings. The Balaban J connectivity index is 3.03. The van der Waals surface area contributed by atoms with Crippen molar-refractivity contribution in [3.05, 3.63) is 11.1 Å². The number of hydrogen-bond donors (Lipinski definition) is 1. The fraction of sp³-hybridized carbons (Fsp3) is 0.625. The Bertz CT molecular complexity index is 229. The second kappa shape index (κ2) is 2.34. The van der Waals surface area contributed by atoms with Gasteiger partial charge in [0.15, 0.2) is 5.60 Å². The number of rotatable bonds is 1. The number of carbonyl (C=O) groups is 1. The lowest BCUT2D eigenvalue weighted by atomic mass is 9.97. The number of hydrogen-bond acceptors (Lipinski definition) is 3. The van der Waals surface area contributed by atoms with Crippen LogP contribution in [0.3, 0.4) is 0 Å². The van der Waals surface area contributed by atoms with Gasteiger partial charge in [0.05, 0.1) is 6.61 Å². The summed E-state index contributed by atoms with van der Waals surface area (Å²) < 4.78 is 4.96. The van der Waals surface area contributed by atoms with Crippen molar-refractivity contribution in [3.63, 3.8) is 0 Å². The molecule has 0 saturated heterocycles. The van der Waals surface area contributed by atoms with Gasteiger partial charge in [0, 0.05) is 5.57 Å². The third-order valence-electron chi connectivity index (χ3n) is 2.28. The average molecular weight is 156 g/mol. The lowest BCUT2D eigenvalue weighted by molar-refractivity contribution is -0.148. The minimum Gasteiger partial charge on any atom is -0.449 e. The molecule has 62 valence electrons. The molecule has 0 spiro atoms. The first-order chi connectivity index (χ1) is 5.01. The summed E-state index contributed by atoms with van der Waals surface area (Å²) in [4.78, 5) is 11.0. The molecule has 11 heavy (non-hydrogen) atoms. The highest BCUT2D eigenvalue weighted by Crippen LogP contribution is 2.31. The standard InChI is InChI=1S/C8H12O3/c1-5-6(2)8(3,4-9)11-7(5)10/h9H,4H2,1-3H3/t8-/m0/s1. The summed E-state index contributed by atoms with van der Waals surface area (Å²) in [5, 5.41) is 8.92. The summed E-state index contributed by atoms with van der Waals surface area (Å²) in [6.45, 7) is 5.06. The predicted octanol–water partition coefficient (Wildman–Crippen LogP) is 0.631. The number of aliphatic hydroxyl groups excluding tert-OH is 1. The molecule has 0 aromatic carbocycles. The van der Waals surface area contributed by atoms with Gasteiger partial charge in [-0.3, -0.25) is 0 Å². The Labute approximate surface area is 65.7 Å². The highest BCUT2D eigenvalue weighted by Gasteiger charge is 2.38. The quantitative estimate of drug-likeness (QED) is 0.566. The van der Waals surface area contributed by atoms with E-state index in [-0.39, 0.29) is 12.6 Å². The molecule has 0 aromatic heterocycles. The van der Waals surface area contributed by atoms with E-state index < -0.39 is 5.60 Å². The van der Waals surface area contributed by atoms with Crippen LogP contribution in [0.5, 0.6) is 0 Å². The lowest BCUT2D eigenvalue weighted by Crippen LogP contribution is -2.31. The minimum atomic E-state index is -0.777. The molecule has 0 unspecified atom stereocenters. The van der Waals surface area contributed by atoms with Gasteiger partial charge in [-0.05, 0) is 26.3 Å². The van der Waals surface area contributed by atoms with Crippen LogP contribution in [0.4, 0.5) is 0 Å². The van der Waals surface area contributed by atoms with Gasteiger partial charge in [0.2, 0.25) is 0 Å². The van der Waals surface area contributed by atoms with Gasteiger partial charge in [-0.2, -0.15) is 0 Å². The number of cyclic esters (lactones) is 1. The van der Waals surface area contributed by atoms with Gasteiger partial charge in [0.25, 0.3) is 0 Å². The summed E-state index contributed by atoms with van der Waals surface area (Å²) in [5.41, 5.74) is 0.660. The van der Waals surface area contributed by atoms with Gasteiger partial charge in [-0.25, -0.2) is 4.79 Å². The van der Waals surface area contributed by atoms with Crippen molar-refractivity contribution >= 4 is 5.97 Å². The fourth-order valence-electron chi connectivity index (χ4n) is 1.06. The van der Waals surface area contributed by atoms with E-state index in [0.29, 0.717) is 5.57 Å². The van der Waals surface area contributed by atoms with Crippen LogP contribution in [0.2, 0.25) is 0 Å². The zero-order chi connectivity index (χ0) is 8.65. The Morgan fingerprint density at radius 1 is 1.55 bits per heavy atom. The van der Waals surface area contributed by atoms with Crippen molar-refractivity contribution in [1.82, 2.24) is 0 Å². The van der Waals surface area contributed by atoms with Gasteiger partial charge < -0.3 is 9.84 Å². The van der Waals surface area contributed by atoms with Crippen molar-refractivity contribution in [1.29, 1.82) is 0 Å². The first kappa shape index (κ1) is 8.27. The molecule has 1 rings (SSSR count). The summed E-state index contributed by atoms with van der Waals surface area (Å²) in [5.74, 6) is -0.320. The molecule has 0 amide bonds. The Morgan fingerprint density at radius 2 is 2.09 bits per heavy atom. The highest BCUT2D eigenvalue weighted by atomic mass is 16.6. The maximum absolute atomic E-state index is 11.0. The highest BCUT2D eigenvalue weighted by molar-refractivity contribution is 5.92. The van der Waals surface area contributed by atoms with Gasteiger partial charge in [-0.15, -0.1) is 0 Å². The van der Waals surface area contributed by atoms with Crippen LogP contribution >= 0.6 is 0 Å². The van der Waals surface area contributed by atoms with Gasteiger partial charge >= 0.3 is 5.97 Å². The van der Waals surface area contributed by atoms with E-state index in [4.69, 9.17) is 9.84 Å². The predicted molar refractivity (Wildman–Crippen MR) is 40.0 cm³/mol. The fourth-order valence-corrected chi connectivity index (χ4v) is 1.06. The zero-order valence-corrected chi connectivity index (χ0v) is 6.97. The Hall–Kier alpha value is -0.830. The third-order valence-corrected chi connectivity index (χ3v) is 2.28. The van der Waals surface area contributed by atoms with Crippen molar-refractivity contribution in [3.8, 4) is 0 Å². The molecule has 1 heterocycles. The number of aliphatic hydroxyl groups is 1. The smallest absolute Gasteiger partial charge is 0.334 e. The molecule has 0 bridgehead atoms. The largest absolute Gasteiger partial charge is 0.449 e. The molecule has 1 atom stereocenters. The van der Waals surface area contributed by atoms with Gasteiger partial charge in [-0.1, -0.05) is 0 Å². The van der Waals surface area contributed by atoms with E-state index in [0.717, 1.165) is 5.57 Å². The van der Waals surface area contributed by atoms with Crippen LogP contribution in [0.25, 0.3) is 0 Å². The topological polar surface area (TPSA) is 46.5 Å². The lowest BCUT2D eigenvalue weighted by Gasteiger charge is -2.21. The molecule has 1 N–H and O–H groups in total. The molecule has 0 saturated carbocycles. The first-order valence-electron chi connectivity index (χ1n) is 3.53. The summed E-state index contributed by atoms with van der Waals surface area (Å²) in [6.07, 6.45) is 0. The minimum absolute atomic E-state index is 0.151. The van der Waals surface area contributed by atoms with Crippen LogP contribution in [-0.4, -0.2) is 23.3 Å². The summed E-state index contributed by atoms with van der Waals surface area (Å²) in [7, 11) is 0. The molecular formula is C8H12O3. The van der Waals surface area contributed by atoms with Crippen LogP contribution in [0, 0.1) is 0 Å². The number of carbonyl (C=O) groups excluding carboxylic acids is 1. The van der Waals surface area contributed by atoms with Crippen LogP contribution in [0.1, 0.15) is 20.8 Å². The molecule has 1 aliphatic rings. The second-order valence-corrected chi connectivity index (χ2v) is 3.03. The molecule has 3 nitrogen and oxygen atoms in total. The van der Waals surface area contributed by atoms with E-state index >= 15 is 0 Å². The van der Waals surface area contributed by atoms with Gasteiger partial charge in [0.1, 0.15) is 0 Å². The average Bonchev–Trinajstić information content (AvgIpc) is 2.17. The first-order valence-corrected chi connectivity index (χ1v) is 3.53. The summed E-state index contributed by atoms with van der Waals surface area (Å²) in [6, 6.07) is 0. The maximum Gasteiger partial charge on any atom is 0.334 e. The van der Waals surface area contributed by atoms with E-state index in [1.54, 1.807) is 20.8 Å². The molecule has 3 heteroatoms. The molecule has 0 fully saturated rings. The van der Waals surface area contributed by atoms with E-state index in [1.807, 2.05) is 0 Å². The van der Waals surface area contributed by atoms with E-state index in [9.17, 15) is 4.79 Å². The zero-order valence-electron chi connectivity index (χ0n) is 6.97. The maximum atomic E-state index is 11.0. The van der Waals surface area contributed by atoms with Crippen molar-refractivity contribution in [2.24, 2.45) is 0 Å². The van der Waals surface area contributed by atoms with Crippen LogP contribution < -0.4 is 0 Å². The van der Waals surface area contributed by atoms with E-state index in [2.05, 4.69) is 0 Å². The van der Waals surface area contributed by atoms with Crippen molar-refractivity contribution < 1.29 is 14.6 Å². The third kappa shape index (κ3) is 1.05. The Morgan fingerprint density at radius 3 is 2.27 bits per heavy atom. The SMILES string of the molecule is CC1=C(C)[C@](C)(CO)OC1=O. The van der Waals surface area contributed by atoms with Crippen LogP contribution in [0.15, 0.2) is 11.1 Å². The molecule has 0 radical (unpaired) electrons. The number of esters is 1. The van der Waals surface area contributed by atoms with Crippen molar-refractivity contribution in [2.75, 3.05) is 6.61 Å². The molecular weight excluding hydrogens is 144 g/mol.